The Morgan fingerprint density at radius 3 is 2.17 bits per heavy atom. The second-order valence-corrected chi connectivity index (χ2v) is 7.01. The number of benzene rings is 2. The number of hydrogen-bond donors (Lipinski definition) is 1. The molecule has 0 bridgehead atoms. The lowest BCUT2D eigenvalue weighted by Gasteiger charge is -2.19. The lowest BCUT2D eigenvalue weighted by Crippen LogP contribution is -2.32. The van der Waals surface area contributed by atoms with Crippen molar-refractivity contribution in [3.8, 4) is 11.5 Å². The average molecular weight is 399 g/mol. The molecule has 2 aromatic rings. The average Bonchev–Trinajstić information content (AvgIpc) is 2.69. The topological polar surface area (TPSA) is 73.9 Å². The van der Waals surface area contributed by atoms with Crippen molar-refractivity contribution >= 4 is 17.6 Å². The van der Waals surface area contributed by atoms with Crippen molar-refractivity contribution in [2.75, 3.05) is 18.5 Å². The third-order valence-corrected chi connectivity index (χ3v) is 4.34. The Kier molecular flexibility index (Phi) is 8.07. The fourth-order valence-corrected chi connectivity index (χ4v) is 2.79. The summed E-state index contributed by atoms with van der Waals surface area (Å²) >= 11 is 0. The third kappa shape index (κ3) is 6.52. The van der Waals surface area contributed by atoms with Crippen LogP contribution in [-0.4, -0.2) is 31.2 Å². The molecule has 1 atom stereocenters. The molecule has 2 aromatic carbocycles. The molecular weight excluding hydrogens is 370 g/mol. The number of carbonyl (C=O) groups is 2. The largest absolute Gasteiger partial charge is 0.494 e. The van der Waals surface area contributed by atoms with E-state index >= 15 is 0 Å². The second kappa shape index (κ2) is 10.5. The molecule has 0 saturated heterocycles. The van der Waals surface area contributed by atoms with Gasteiger partial charge in [0.15, 0.2) is 12.7 Å². The van der Waals surface area contributed by atoms with Gasteiger partial charge in [-0.05, 0) is 62.1 Å². The third-order valence-electron chi connectivity index (χ3n) is 4.34. The molecule has 0 saturated carbocycles. The van der Waals surface area contributed by atoms with Gasteiger partial charge < -0.3 is 19.5 Å². The smallest absolute Gasteiger partial charge is 0.344 e. The maximum absolute atomic E-state index is 12.5. The zero-order valence-corrected chi connectivity index (χ0v) is 17.7. The molecule has 29 heavy (non-hydrogen) atoms. The maximum atomic E-state index is 12.5. The molecule has 1 N–H and O–H groups in total. The normalized spacial score (nSPS) is 11.7. The van der Waals surface area contributed by atoms with E-state index < -0.39 is 12.1 Å². The van der Waals surface area contributed by atoms with Crippen molar-refractivity contribution in [3.05, 3.63) is 53.6 Å². The summed E-state index contributed by atoms with van der Waals surface area (Å²) in [6.45, 7) is 9.79. The van der Waals surface area contributed by atoms with Crippen LogP contribution >= 0.6 is 0 Å². The van der Waals surface area contributed by atoms with Crippen molar-refractivity contribution in [1.82, 2.24) is 0 Å². The van der Waals surface area contributed by atoms with Gasteiger partial charge in [0, 0.05) is 5.69 Å². The van der Waals surface area contributed by atoms with E-state index in [1.165, 1.54) is 6.92 Å². The number of anilines is 1. The predicted molar refractivity (Wildman–Crippen MR) is 113 cm³/mol. The van der Waals surface area contributed by atoms with Crippen LogP contribution in [0.3, 0.4) is 0 Å². The summed E-state index contributed by atoms with van der Waals surface area (Å²) in [4.78, 5) is 24.5. The number of nitrogens with one attached hydrogen (secondary N) is 1. The fraction of sp³-hybridized carbons (Fsp3) is 0.391. The zero-order chi connectivity index (χ0) is 21.4. The lowest BCUT2D eigenvalue weighted by atomic mass is 9.98. The summed E-state index contributed by atoms with van der Waals surface area (Å²) in [5.74, 6) is 0.505. The summed E-state index contributed by atoms with van der Waals surface area (Å²) in [5.41, 5.74) is 2.76. The van der Waals surface area contributed by atoms with Crippen LogP contribution in [0.5, 0.6) is 11.5 Å². The van der Waals surface area contributed by atoms with Crippen LogP contribution in [-0.2, 0) is 14.3 Å². The quantitative estimate of drug-likeness (QED) is 0.630. The molecule has 1 amide bonds. The molecule has 0 heterocycles. The Morgan fingerprint density at radius 1 is 0.966 bits per heavy atom. The number of hydrogen-bond acceptors (Lipinski definition) is 5. The first-order valence-electron chi connectivity index (χ1n) is 9.77. The SMILES string of the molecule is CCOc1ccc(OCC(=O)O[C@@H](C)C(=O)Nc2c(C)cccc2C(C)C)cc1. The Hall–Kier alpha value is -3.02. The summed E-state index contributed by atoms with van der Waals surface area (Å²) in [6.07, 6.45) is -0.939. The molecule has 0 aliphatic heterocycles. The van der Waals surface area contributed by atoms with Crippen molar-refractivity contribution < 1.29 is 23.8 Å². The Labute approximate surface area is 172 Å². The number of aryl methyl sites for hydroxylation is 1. The van der Waals surface area contributed by atoms with Gasteiger partial charge in [-0.15, -0.1) is 0 Å². The van der Waals surface area contributed by atoms with Crippen molar-refractivity contribution in [3.63, 3.8) is 0 Å². The van der Waals surface area contributed by atoms with Crippen molar-refractivity contribution in [1.29, 1.82) is 0 Å². The summed E-state index contributed by atoms with van der Waals surface area (Å²) in [6, 6.07) is 12.8. The van der Waals surface area contributed by atoms with Crippen molar-refractivity contribution in [2.24, 2.45) is 0 Å². The molecule has 2 rings (SSSR count). The molecule has 0 aromatic heterocycles. The summed E-state index contributed by atoms with van der Waals surface area (Å²) < 4.78 is 16.0. The van der Waals surface area contributed by atoms with Gasteiger partial charge in [-0.25, -0.2) is 4.79 Å². The van der Waals surface area contributed by atoms with E-state index in [-0.39, 0.29) is 18.4 Å². The molecule has 6 heteroatoms. The molecule has 0 aliphatic rings. The van der Waals surface area contributed by atoms with Crippen LogP contribution in [0.4, 0.5) is 5.69 Å². The predicted octanol–water partition coefficient (Wildman–Crippen LogP) is 4.47. The number of esters is 1. The minimum Gasteiger partial charge on any atom is -0.494 e. The lowest BCUT2D eigenvalue weighted by molar-refractivity contribution is -0.155. The highest BCUT2D eigenvalue weighted by atomic mass is 16.6. The summed E-state index contributed by atoms with van der Waals surface area (Å²) in [5, 5.41) is 2.89. The van der Waals surface area contributed by atoms with Crippen LogP contribution in [0.1, 0.15) is 44.7 Å². The number of rotatable bonds is 9. The Morgan fingerprint density at radius 2 is 1.59 bits per heavy atom. The second-order valence-electron chi connectivity index (χ2n) is 7.01. The first kappa shape index (κ1) is 22.3. The number of ether oxygens (including phenoxy) is 3. The zero-order valence-electron chi connectivity index (χ0n) is 17.7. The van der Waals surface area contributed by atoms with Crippen LogP contribution in [0.25, 0.3) is 0 Å². The van der Waals surface area contributed by atoms with Gasteiger partial charge in [-0.2, -0.15) is 0 Å². The van der Waals surface area contributed by atoms with Gasteiger partial charge in [0.2, 0.25) is 0 Å². The van der Waals surface area contributed by atoms with Gasteiger partial charge in [0.25, 0.3) is 5.91 Å². The molecule has 0 unspecified atom stereocenters. The van der Waals surface area contributed by atoms with Crippen molar-refractivity contribution in [2.45, 2.75) is 46.6 Å². The highest BCUT2D eigenvalue weighted by Crippen LogP contribution is 2.27. The Balaban J connectivity index is 1.88. The number of para-hydroxylation sites is 1. The maximum Gasteiger partial charge on any atom is 0.344 e. The van der Waals surface area contributed by atoms with E-state index in [1.54, 1.807) is 24.3 Å². The van der Waals surface area contributed by atoms with Crippen LogP contribution in [0.2, 0.25) is 0 Å². The minimum atomic E-state index is -0.939. The van der Waals surface area contributed by atoms with Gasteiger partial charge in [-0.3, -0.25) is 4.79 Å². The highest BCUT2D eigenvalue weighted by Gasteiger charge is 2.20. The molecule has 0 spiro atoms. The first-order chi connectivity index (χ1) is 13.8. The number of carbonyl (C=O) groups excluding carboxylic acids is 2. The van der Waals surface area contributed by atoms with Gasteiger partial charge >= 0.3 is 5.97 Å². The molecule has 156 valence electrons. The standard InChI is InChI=1S/C23H29NO5/c1-6-27-18-10-12-19(13-11-18)28-14-21(25)29-17(5)23(26)24-22-16(4)8-7-9-20(22)15(2)3/h7-13,15,17H,6,14H2,1-5H3,(H,24,26)/t17-/m0/s1. The molecule has 6 nitrogen and oxygen atoms in total. The van der Waals surface area contributed by atoms with Gasteiger partial charge in [0.1, 0.15) is 11.5 Å². The van der Waals surface area contributed by atoms with E-state index in [4.69, 9.17) is 14.2 Å². The minimum absolute atomic E-state index is 0.255. The van der Waals surface area contributed by atoms with E-state index in [1.807, 2.05) is 32.0 Å². The molecular formula is C23H29NO5. The highest BCUT2D eigenvalue weighted by molar-refractivity contribution is 5.96. The van der Waals surface area contributed by atoms with Gasteiger partial charge in [-0.1, -0.05) is 32.0 Å². The van der Waals surface area contributed by atoms with E-state index in [0.717, 1.165) is 22.6 Å². The monoisotopic (exact) mass is 399 g/mol. The Bertz CT molecular complexity index is 830. The van der Waals surface area contributed by atoms with E-state index in [0.29, 0.717) is 12.4 Å². The fourth-order valence-electron chi connectivity index (χ4n) is 2.79. The van der Waals surface area contributed by atoms with E-state index in [9.17, 15) is 9.59 Å². The molecule has 0 fully saturated rings. The van der Waals surface area contributed by atoms with Crippen LogP contribution < -0.4 is 14.8 Å². The van der Waals surface area contributed by atoms with Gasteiger partial charge in [0.05, 0.1) is 6.61 Å². The van der Waals surface area contributed by atoms with Crippen LogP contribution in [0.15, 0.2) is 42.5 Å². The molecule has 0 aliphatic carbocycles. The molecule has 0 radical (unpaired) electrons. The van der Waals surface area contributed by atoms with E-state index in [2.05, 4.69) is 19.2 Å². The van der Waals surface area contributed by atoms with Crippen LogP contribution in [0, 0.1) is 6.92 Å². The number of amides is 1. The first-order valence-corrected chi connectivity index (χ1v) is 9.77. The summed E-state index contributed by atoms with van der Waals surface area (Å²) in [7, 11) is 0.